The van der Waals surface area contributed by atoms with Crippen LogP contribution >= 0.6 is 0 Å². The van der Waals surface area contributed by atoms with Crippen molar-refractivity contribution in [2.24, 2.45) is 0 Å². The molecule has 2 N–H and O–H groups in total. The third-order valence-electron chi connectivity index (χ3n) is 4.29. The second-order valence-corrected chi connectivity index (χ2v) is 5.77. The highest BCUT2D eigenvalue weighted by atomic mass is 16.5. The molecule has 0 radical (unpaired) electrons. The summed E-state index contributed by atoms with van der Waals surface area (Å²) in [7, 11) is 0. The van der Waals surface area contributed by atoms with Crippen molar-refractivity contribution >= 4 is 10.9 Å². The summed E-state index contributed by atoms with van der Waals surface area (Å²) in [6, 6.07) is 4.55. The number of rotatable bonds is 2. The van der Waals surface area contributed by atoms with E-state index in [0.29, 0.717) is 19.1 Å². The van der Waals surface area contributed by atoms with Gasteiger partial charge in [0.1, 0.15) is 12.4 Å². The number of aliphatic hydroxyl groups is 1. The van der Waals surface area contributed by atoms with Gasteiger partial charge in [0.15, 0.2) is 0 Å². The van der Waals surface area contributed by atoms with Crippen molar-refractivity contribution in [1.29, 1.82) is 0 Å². The molecule has 2 atom stereocenters. The first-order chi connectivity index (χ1) is 9.81. The molecular weight excluding hydrogens is 254 g/mol. The van der Waals surface area contributed by atoms with Crippen LogP contribution in [-0.2, 0) is 13.0 Å². The Morgan fingerprint density at radius 3 is 3.25 bits per heavy atom. The van der Waals surface area contributed by atoms with Crippen molar-refractivity contribution in [3.63, 3.8) is 0 Å². The van der Waals surface area contributed by atoms with Crippen LogP contribution in [0.1, 0.15) is 18.4 Å². The molecule has 1 aromatic heterocycles. The largest absolute Gasteiger partial charge is 0.491 e. The number of aromatic nitrogens is 2. The van der Waals surface area contributed by atoms with Crippen LogP contribution in [-0.4, -0.2) is 40.2 Å². The lowest BCUT2D eigenvalue weighted by Gasteiger charge is -2.23. The molecule has 20 heavy (non-hydrogen) atoms. The second kappa shape index (κ2) is 4.75. The minimum Gasteiger partial charge on any atom is -0.491 e. The van der Waals surface area contributed by atoms with Crippen molar-refractivity contribution in [3.05, 3.63) is 23.9 Å². The highest BCUT2D eigenvalue weighted by Gasteiger charge is 2.23. The van der Waals surface area contributed by atoms with Crippen LogP contribution in [0.4, 0.5) is 0 Å². The molecule has 0 saturated carbocycles. The van der Waals surface area contributed by atoms with Gasteiger partial charge in [-0.3, -0.25) is 4.68 Å². The zero-order valence-electron chi connectivity index (χ0n) is 11.4. The van der Waals surface area contributed by atoms with Gasteiger partial charge in [0.25, 0.3) is 0 Å². The summed E-state index contributed by atoms with van der Waals surface area (Å²) in [5, 5.41) is 19.0. The number of ether oxygens (including phenoxy) is 1. The summed E-state index contributed by atoms with van der Waals surface area (Å²) in [5.74, 6) is 0.893. The Kier molecular flexibility index (Phi) is 2.89. The zero-order valence-corrected chi connectivity index (χ0v) is 11.4. The Balaban J connectivity index is 1.77. The van der Waals surface area contributed by atoms with E-state index in [0.717, 1.165) is 35.3 Å². The SMILES string of the molecule is OC1COc2ccc3cnn(CC4CCCN4)c3c2C1. The van der Waals surface area contributed by atoms with E-state index in [9.17, 15) is 5.11 Å². The minimum absolute atomic E-state index is 0.386. The van der Waals surface area contributed by atoms with Crippen LogP contribution in [0.15, 0.2) is 18.3 Å². The smallest absolute Gasteiger partial charge is 0.124 e. The Hall–Kier alpha value is -1.59. The van der Waals surface area contributed by atoms with E-state index in [4.69, 9.17) is 4.74 Å². The van der Waals surface area contributed by atoms with Crippen molar-refractivity contribution < 1.29 is 9.84 Å². The Morgan fingerprint density at radius 2 is 2.40 bits per heavy atom. The molecule has 2 aliphatic rings. The fourth-order valence-corrected chi connectivity index (χ4v) is 3.31. The molecular formula is C15H19N3O2. The fraction of sp³-hybridized carbons (Fsp3) is 0.533. The van der Waals surface area contributed by atoms with Crippen LogP contribution in [0, 0.1) is 0 Å². The van der Waals surface area contributed by atoms with Gasteiger partial charge in [0.05, 0.1) is 24.4 Å². The van der Waals surface area contributed by atoms with Crippen molar-refractivity contribution in [2.75, 3.05) is 13.2 Å². The van der Waals surface area contributed by atoms with Gasteiger partial charge in [-0.2, -0.15) is 5.10 Å². The molecule has 106 valence electrons. The quantitative estimate of drug-likeness (QED) is 0.860. The lowest BCUT2D eigenvalue weighted by atomic mass is 10.0. The van der Waals surface area contributed by atoms with Gasteiger partial charge in [0, 0.05) is 23.4 Å². The normalized spacial score (nSPS) is 25.6. The van der Waals surface area contributed by atoms with E-state index < -0.39 is 6.10 Å². The maximum atomic E-state index is 9.86. The van der Waals surface area contributed by atoms with Crippen molar-refractivity contribution in [2.45, 2.75) is 38.0 Å². The highest BCUT2D eigenvalue weighted by Crippen LogP contribution is 2.32. The Morgan fingerprint density at radius 1 is 1.45 bits per heavy atom. The van der Waals surface area contributed by atoms with Crippen molar-refractivity contribution in [1.82, 2.24) is 15.1 Å². The average Bonchev–Trinajstić information content (AvgIpc) is 3.09. The van der Waals surface area contributed by atoms with Gasteiger partial charge >= 0.3 is 0 Å². The summed E-state index contributed by atoms with van der Waals surface area (Å²) < 4.78 is 7.70. The molecule has 1 fully saturated rings. The number of nitrogens with zero attached hydrogens (tertiary/aromatic N) is 2. The fourth-order valence-electron chi connectivity index (χ4n) is 3.31. The Bertz CT molecular complexity index is 631. The first kappa shape index (κ1) is 12.2. The minimum atomic E-state index is -0.416. The van der Waals surface area contributed by atoms with E-state index in [1.165, 1.54) is 12.8 Å². The number of hydrogen-bond acceptors (Lipinski definition) is 4. The van der Waals surface area contributed by atoms with Gasteiger partial charge in [-0.25, -0.2) is 0 Å². The number of nitrogens with one attached hydrogen (secondary N) is 1. The van der Waals surface area contributed by atoms with Crippen LogP contribution in [0.2, 0.25) is 0 Å². The molecule has 2 aromatic rings. The maximum absolute atomic E-state index is 9.86. The van der Waals surface area contributed by atoms with E-state index in [2.05, 4.69) is 21.2 Å². The Labute approximate surface area is 117 Å². The summed E-state index contributed by atoms with van der Waals surface area (Å²) in [6.07, 6.45) is 4.59. The summed E-state index contributed by atoms with van der Waals surface area (Å²) in [4.78, 5) is 0. The molecule has 3 heterocycles. The number of fused-ring (bicyclic) bond motifs is 3. The molecule has 0 aliphatic carbocycles. The number of benzene rings is 1. The highest BCUT2D eigenvalue weighted by molar-refractivity contribution is 5.84. The van der Waals surface area contributed by atoms with Gasteiger partial charge in [-0.1, -0.05) is 0 Å². The molecule has 1 saturated heterocycles. The predicted octanol–water partition coefficient (Wildman–Crippen LogP) is 1.08. The van der Waals surface area contributed by atoms with Crippen molar-refractivity contribution in [3.8, 4) is 5.75 Å². The van der Waals surface area contributed by atoms with Crippen LogP contribution in [0.3, 0.4) is 0 Å². The maximum Gasteiger partial charge on any atom is 0.124 e. The van der Waals surface area contributed by atoms with Gasteiger partial charge in [0.2, 0.25) is 0 Å². The lowest BCUT2D eigenvalue weighted by molar-refractivity contribution is 0.0926. The average molecular weight is 273 g/mol. The lowest BCUT2D eigenvalue weighted by Crippen LogP contribution is -2.28. The first-order valence-electron chi connectivity index (χ1n) is 7.33. The van der Waals surface area contributed by atoms with Crippen LogP contribution < -0.4 is 10.1 Å². The molecule has 0 bridgehead atoms. The molecule has 5 nitrogen and oxygen atoms in total. The molecule has 2 aliphatic heterocycles. The first-order valence-corrected chi connectivity index (χ1v) is 7.33. The molecule has 4 rings (SSSR count). The molecule has 0 amide bonds. The number of hydrogen-bond donors (Lipinski definition) is 2. The van der Waals surface area contributed by atoms with Crippen LogP contribution in [0.25, 0.3) is 10.9 Å². The predicted molar refractivity (Wildman–Crippen MR) is 76.0 cm³/mol. The molecule has 5 heteroatoms. The second-order valence-electron chi connectivity index (χ2n) is 5.77. The van der Waals surface area contributed by atoms with Gasteiger partial charge in [-0.15, -0.1) is 0 Å². The van der Waals surface area contributed by atoms with Gasteiger partial charge < -0.3 is 15.2 Å². The topological polar surface area (TPSA) is 59.3 Å². The van der Waals surface area contributed by atoms with Crippen LogP contribution in [0.5, 0.6) is 5.75 Å². The molecule has 2 unspecified atom stereocenters. The van der Waals surface area contributed by atoms with E-state index >= 15 is 0 Å². The summed E-state index contributed by atoms with van der Waals surface area (Å²) >= 11 is 0. The molecule has 0 spiro atoms. The monoisotopic (exact) mass is 273 g/mol. The third-order valence-corrected chi connectivity index (χ3v) is 4.29. The number of aliphatic hydroxyl groups excluding tert-OH is 1. The zero-order chi connectivity index (χ0) is 13.5. The summed E-state index contributed by atoms with van der Waals surface area (Å²) in [5.41, 5.74) is 2.21. The van der Waals surface area contributed by atoms with E-state index in [1.54, 1.807) is 0 Å². The van der Waals surface area contributed by atoms with Gasteiger partial charge in [-0.05, 0) is 31.5 Å². The summed E-state index contributed by atoms with van der Waals surface area (Å²) in [6.45, 7) is 2.37. The van der Waals surface area contributed by atoms with E-state index in [-0.39, 0.29) is 0 Å². The standard InChI is InChI=1S/C15H19N3O2/c19-12-6-13-14(20-9-12)4-3-10-7-17-18(15(10)13)8-11-2-1-5-16-11/h3-4,7,11-12,16,19H,1-2,5-6,8-9H2. The van der Waals surface area contributed by atoms with E-state index in [1.807, 2.05) is 12.3 Å². The third kappa shape index (κ3) is 1.98. The molecule has 1 aromatic carbocycles.